The molecule has 1 aliphatic rings. The molecule has 3 heterocycles. The molecule has 1 fully saturated rings. The van der Waals surface area contributed by atoms with Crippen LogP contribution in [0, 0.1) is 0 Å². The largest absolute Gasteiger partial charge is 0.573 e. The molecule has 1 aliphatic heterocycles. The number of phenols is 2. The second kappa shape index (κ2) is 10.4. The fourth-order valence-electron chi connectivity index (χ4n) is 6.12. The standard InChI is InChI=1S/C32H25F3N4O5/c1-17(23-11-13-36-27-15-20(40)5-9-25(23)27)31(18(2)24-12-14-37-28-16-21(41)6-10-26(24)28)29(42)39(30(43)38-31)19-3-7-22(8-4-19)44-32(33,34)35/h3-18,40-41H,1-2H3,(H,38,43). The average Bonchev–Trinajstić information content (AvgIpc) is 3.25. The van der Waals surface area contributed by atoms with Gasteiger partial charge in [-0.2, -0.15) is 0 Å². The number of aromatic nitrogens is 2. The Morgan fingerprint density at radius 3 is 1.77 bits per heavy atom. The van der Waals surface area contributed by atoms with E-state index in [-0.39, 0.29) is 17.2 Å². The fourth-order valence-corrected chi connectivity index (χ4v) is 6.12. The van der Waals surface area contributed by atoms with Gasteiger partial charge in [-0.15, -0.1) is 13.2 Å². The summed E-state index contributed by atoms with van der Waals surface area (Å²) in [6.07, 6.45) is -1.81. The van der Waals surface area contributed by atoms with Crippen molar-refractivity contribution < 1.29 is 37.7 Å². The maximum atomic E-state index is 14.7. The van der Waals surface area contributed by atoms with Crippen molar-refractivity contribution in [1.29, 1.82) is 0 Å². The van der Waals surface area contributed by atoms with Gasteiger partial charge < -0.3 is 20.3 Å². The van der Waals surface area contributed by atoms with Gasteiger partial charge in [-0.05, 0) is 71.8 Å². The van der Waals surface area contributed by atoms with Crippen LogP contribution in [0.4, 0.5) is 23.7 Å². The summed E-state index contributed by atoms with van der Waals surface area (Å²) in [6.45, 7) is 3.60. The predicted molar refractivity (Wildman–Crippen MR) is 156 cm³/mol. The highest BCUT2D eigenvalue weighted by Gasteiger charge is 2.59. The van der Waals surface area contributed by atoms with Gasteiger partial charge >= 0.3 is 12.4 Å². The van der Waals surface area contributed by atoms with Gasteiger partial charge in [-0.1, -0.05) is 13.8 Å². The first-order chi connectivity index (χ1) is 20.9. The number of hydrogen-bond donors (Lipinski definition) is 3. The molecule has 0 aliphatic carbocycles. The number of hydrogen-bond acceptors (Lipinski definition) is 7. The summed E-state index contributed by atoms with van der Waals surface area (Å²) in [7, 11) is 0. The topological polar surface area (TPSA) is 125 Å². The summed E-state index contributed by atoms with van der Waals surface area (Å²) in [5, 5.41) is 24.4. The van der Waals surface area contributed by atoms with Crippen LogP contribution in [0.1, 0.15) is 36.8 Å². The molecule has 0 spiro atoms. The van der Waals surface area contributed by atoms with Crippen LogP contribution in [0.15, 0.2) is 85.2 Å². The number of ether oxygens (including phenoxy) is 1. The van der Waals surface area contributed by atoms with E-state index in [1.807, 2.05) is 0 Å². The molecule has 1 saturated heterocycles. The Balaban J connectivity index is 1.52. The van der Waals surface area contributed by atoms with E-state index in [4.69, 9.17) is 0 Å². The van der Waals surface area contributed by atoms with Crippen LogP contribution >= 0.6 is 0 Å². The number of nitrogens with one attached hydrogen (secondary N) is 1. The molecule has 3 amide bonds. The highest BCUT2D eigenvalue weighted by Crippen LogP contribution is 2.47. The van der Waals surface area contributed by atoms with E-state index < -0.39 is 41.4 Å². The van der Waals surface area contributed by atoms with E-state index in [9.17, 15) is 33.0 Å². The second-order valence-corrected chi connectivity index (χ2v) is 10.6. The van der Waals surface area contributed by atoms with E-state index in [1.165, 1.54) is 36.4 Å². The van der Waals surface area contributed by atoms with E-state index in [0.717, 1.165) is 17.0 Å². The fraction of sp³-hybridized carbons (Fsp3) is 0.188. The maximum absolute atomic E-state index is 14.7. The number of benzene rings is 3. The minimum absolute atomic E-state index is 0.0127. The van der Waals surface area contributed by atoms with Crippen molar-refractivity contribution in [3.63, 3.8) is 0 Å². The number of carbonyl (C=O) groups excluding carboxylic acids is 2. The number of anilines is 1. The molecule has 44 heavy (non-hydrogen) atoms. The molecule has 2 atom stereocenters. The van der Waals surface area contributed by atoms with Crippen molar-refractivity contribution in [1.82, 2.24) is 15.3 Å². The summed E-state index contributed by atoms with van der Waals surface area (Å²) in [6, 6.07) is 16.6. The summed E-state index contributed by atoms with van der Waals surface area (Å²) < 4.78 is 42.2. The van der Waals surface area contributed by atoms with Gasteiger partial charge in [-0.25, -0.2) is 9.69 Å². The molecule has 2 unspecified atom stereocenters. The molecule has 0 saturated carbocycles. The third-order valence-corrected chi connectivity index (χ3v) is 8.22. The number of amides is 3. The van der Waals surface area contributed by atoms with Gasteiger partial charge in [-0.3, -0.25) is 14.8 Å². The minimum Gasteiger partial charge on any atom is -0.508 e. The Bertz CT molecular complexity index is 1840. The molecule has 0 bridgehead atoms. The van der Waals surface area contributed by atoms with Crippen molar-refractivity contribution in [2.45, 2.75) is 37.6 Å². The van der Waals surface area contributed by atoms with Crippen LogP contribution in [-0.2, 0) is 4.79 Å². The van der Waals surface area contributed by atoms with Crippen LogP contribution < -0.4 is 15.0 Å². The van der Waals surface area contributed by atoms with Gasteiger partial charge in [0.05, 0.1) is 16.7 Å². The highest BCUT2D eigenvalue weighted by atomic mass is 19.4. The molecule has 9 nitrogen and oxygen atoms in total. The first-order valence-corrected chi connectivity index (χ1v) is 13.6. The monoisotopic (exact) mass is 602 g/mol. The Kier molecular flexibility index (Phi) is 6.79. The van der Waals surface area contributed by atoms with Crippen molar-refractivity contribution in [3.05, 3.63) is 96.3 Å². The Labute approximate surface area is 248 Å². The average molecular weight is 603 g/mol. The molecule has 0 radical (unpaired) electrons. The van der Waals surface area contributed by atoms with Gasteiger partial charge in [0.1, 0.15) is 22.8 Å². The summed E-state index contributed by atoms with van der Waals surface area (Å²) in [5.74, 6) is -2.49. The van der Waals surface area contributed by atoms with Crippen molar-refractivity contribution in [3.8, 4) is 17.2 Å². The first-order valence-electron chi connectivity index (χ1n) is 13.6. The number of fused-ring (bicyclic) bond motifs is 2. The van der Waals surface area contributed by atoms with Crippen molar-refractivity contribution in [2.24, 2.45) is 0 Å². The van der Waals surface area contributed by atoms with E-state index in [0.29, 0.717) is 32.9 Å². The summed E-state index contributed by atoms with van der Waals surface area (Å²) in [5.41, 5.74) is 0.741. The Morgan fingerprint density at radius 2 is 1.30 bits per heavy atom. The first kappa shape index (κ1) is 28.7. The van der Waals surface area contributed by atoms with Gasteiger partial charge in [0.15, 0.2) is 0 Å². The lowest BCUT2D eigenvalue weighted by Crippen LogP contribution is -2.55. The quantitative estimate of drug-likeness (QED) is 0.190. The second-order valence-electron chi connectivity index (χ2n) is 10.6. The third kappa shape index (κ3) is 4.77. The molecule has 224 valence electrons. The number of pyridine rings is 2. The minimum atomic E-state index is -4.91. The lowest BCUT2D eigenvalue weighted by Gasteiger charge is -2.39. The number of alkyl halides is 3. The van der Waals surface area contributed by atoms with Crippen LogP contribution in [0.2, 0.25) is 0 Å². The van der Waals surface area contributed by atoms with Crippen LogP contribution in [0.25, 0.3) is 21.8 Å². The number of nitrogens with zero attached hydrogens (tertiary/aromatic N) is 3. The van der Waals surface area contributed by atoms with Crippen molar-refractivity contribution in [2.75, 3.05) is 4.90 Å². The number of urea groups is 1. The predicted octanol–water partition coefficient (Wildman–Crippen LogP) is 6.50. The number of halogens is 3. The zero-order valence-electron chi connectivity index (χ0n) is 23.3. The maximum Gasteiger partial charge on any atom is 0.573 e. The molecule has 3 aromatic carbocycles. The number of rotatable bonds is 6. The lowest BCUT2D eigenvalue weighted by atomic mass is 9.69. The third-order valence-electron chi connectivity index (χ3n) is 8.22. The molecule has 12 heteroatoms. The summed E-state index contributed by atoms with van der Waals surface area (Å²) >= 11 is 0. The van der Waals surface area contributed by atoms with Crippen LogP contribution in [0.5, 0.6) is 17.2 Å². The zero-order chi connectivity index (χ0) is 31.4. The van der Waals surface area contributed by atoms with E-state index in [2.05, 4.69) is 20.0 Å². The molecular weight excluding hydrogens is 577 g/mol. The number of aromatic hydroxyl groups is 2. The molecule has 3 N–H and O–H groups in total. The van der Waals surface area contributed by atoms with Crippen molar-refractivity contribution >= 4 is 39.4 Å². The normalized spacial score (nSPS) is 18.4. The Hall–Kier alpha value is -5.39. The molecule has 2 aromatic heterocycles. The molecular formula is C32H25F3N4O5. The van der Waals surface area contributed by atoms with E-state index in [1.54, 1.807) is 50.5 Å². The van der Waals surface area contributed by atoms with Gasteiger partial charge in [0.2, 0.25) is 0 Å². The van der Waals surface area contributed by atoms with Crippen LogP contribution in [0.3, 0.4) is 0 Å². The molecule has 5 aromatic rings. The lowest BCUT2D eigenvalue weighted by molar-refractivity contribution is -0.274. The van der Waals surface area contributed by atoms with Gasteiger partial charge in [0.25, 0.3) is 5.91 Å². The number of carbonyl (C=O) groups is 2. The summed E-state index contributed by atoms with van der Waals surface area (Å²) in [4.78, 5) is 38.0. The Morgan fingerprint density at radius 1 is 0.795 bits per heavy atom. The SMILES string of the molecule is CC(c1ccnc2cc(O)ccc12)C1(C(C)c2ccnc3cc(O)ccc23)NC(=O)N(c2ccc(OC(F)(F)F)cc2)C1=O. The van der Waals surface area contributed by atoms with Crippen LogP contribution in [-0.4, -0.2) is 44.0 Å². The molecule has 6 rings (SSSR count). The zero-order valence-corrected chi connectivity index (χ0v) is 23.3. The highest BCUT2D eigenvalue weighted by molar-refractivity contribution is 6.24. The number of imide groups is 1. The van der Waals surface area contributed by atoms with E-state index >= 15 is 0 Å². The smallest absolute Gasteiger partial charge is 0.508 e. The van der Waals surface area contributed by atoms with Gasteiger partial charge in [0, 0.05) is 47.1 Å². The number of phenolic OH excluding ortho intramolecular Hbond substituents is 2.